The van der Waals surface area contributed by atoms with Crippen LogP contribution in [0.2, 0.25) is 0 Å². The normalized spacial score (nSPS) is 10.1. The van der Waals surface area contributed by atoms with Gasteiger partial charge in [0.1, 0.15) is 13.2 Å². The molecule has 130 valence electrons. The predicted octanol–water partition coefficient (Wildman–Crippen LogP) is 4.94. The minimum atomic E-state index is -0.205. The highest BCUT2D eigenvalue weighted by Gasteiger charge is 2.04. The van der Waals surface area contributed by atoms with Gasteiger partial charge in [0.05, 0.1) is 5.76 Å². The van der Waals surface area contributed by atoms with Gasteiger partial charge in [0.2, 0.25) is 0 Å². The summed E-state index contributed by atoms with van der Waals surface area (Å²) in [7, 11) is 0. The first-order valence-corrected chi connectivity index (χ1v) is 8.09. The first-order chi connectivity index (χ1) is 11.4. The Labute approximate surface area is 144 Å². The topological polar surface area (TPSA) is 59.4 Å². The van der Waals surface area contributed by atoms with Crippen LogP contribution in [0.4, 0.5) is 0 Å². The second-order valence-corrected chi connectivity index (χ2v) is 6.04. The van der Waals surface area contributed by atoms with E-state index in [-0.39, 0.29) is 12.6 Å². The largest absolute Gasteiger partial charge is 0.494 e. The summed E-state index contributed by atoms with van der Waals surface area (Å²) in [5.41, 5.74) is 3.58. The van der Waals surface area contributed by atoms with Crippen LogP contribution in [-0.2, 0) is 27.5 Å². The third-order valence-electron chi connectivity index (χ3n) is 3.40. The number of rotatable bonds is 11. The van der Waals surface area contributed by atoms with Gasteiger partial charge in [-0.05, 0) is 37.8 Å². The summed E-state index contributed by atoms with van der Waals surface area (Å²) in [6, 6.07) is 7.75. The maximum atomic E-state index is 11.6. The molecule has 0 heterocycles. The molecule has 0 aromatic heterocycles. The molecule has 0 radical (unpaired) electrons. The average molecular weight is 329 g/mol. The Morgan fingerprint density at radius 3 is 1.96 bits per heavy atom. The Hall–Kier alpha value is -2.36. The van der Waals surface area contributed by atoms with Crippen molar-refractivity contribution in [2.75, 3.05) is 0 Å². The molecule has 0 saturated carbocycles. The third-order valence-corrected chi connectivity index (χ3v) is 3.40. The molecule has 1 aromatic rings. The van der Waals surface area contributed by atoms with Gasteiger partial charge in [0.25, 0.3) is 0 Å². The highest BCUT2D eigenvalue weighted by Crippen LogP contribution is 2.12. The average Bonchev–Trinajstić information content (AvgIpc) is 2.55. The summed E-state index contributed by atoms with van der Waals surface area (Å²) in [6.45, 7) is 12.0. The molecular weight excluding hydrogens is 302 g/mol. The summed E-state index contributed by atoms with van der Waals surface area (Å²) in [5.74, 6) is 0.486. The Bertz CT molecular complexity index is 534. The van der Waals surface area contributed by atoms with Crippen molar-refractivity contribution in [3.63, 3.8) is 0 Å². The maximum Gasteiger partial charge on any atom is 0.306 e. The van der Waals surface area contributed by atoms with Crippen LogP contribution in [0.5, 0.6) is 0 Å². The minimum absolute atomic E-state index is 0.205. The van der Waals surface area contributed by atoms with Gasteiger partial charge in [-0.2, -0.15) is 0 Å². The van der Waals surface area contributed by atoms with Crippen LogP contribution in [0.3, 0.4) is 0 Å². The molecular formula is C20H27NO3. The van der Waals surface area contributed by atoms with Gasteiger partial charge >= 0.3 is 5.97 Å². The van der Waals surface area contributed by atoms with Crippen molar-refractivity contribution < 1.29 is 14.3 Å². The quantitative estimate of drug-likeness (QED) is 0.271. The predicted molar refractivity (Wildman–Crippen MR) is 96.8 cm³/mol. The van der Waals surface area contributed by atoms with Gasteiger partial charge in [-0.15, -0.1) is 6.58 Å². The lowest BCUT2D eigenvalue weighted by Crippen LogP contribution is -2.04. The summed E-state index contributed by atoms with van der Waals surface area (Å²) in [4.78, 5) is 11.6. The maximum absolute atomic E-state index is 11.6. The van der Waals surface area contributed by atoms with Crippen LogP contribution < -0.4 is 0 Å². The minimum Gasteiger partial charge on any atom is -0.494 e. The van der Waals surface area contributed by atoms with Crippen LogP contribution in [0.1, 0.15) is 50.7 Å². The van der Waals surface area contributed by atoms with Crippen molar-refractivity contribution >= 4 is 11.7 Å². The molecule has 0 aliphatic heterocycles. The summed E-state index contributed by atoms with van der Waals surface area (Å²) in [6.07, 6.45) is 2.39. The zero-order valence-corrected chi connectivity index (χ0v) is 14.7. The molecule has 0 amide bonds. The molecule has 4 nitrogen and oxygen atoms in total. The number of hydrogen-bond acceptors (Lipinski definition) is 4. The first-order valence-electron chi connectivity index (χ1n) is 8.09. The summed E-state index contributed by atoms with van der Waals surface area (Å²) < 4.78 is 10.8. The van der Waals surface area contributed by atoms with E-state index in [4.69, 9.17) is 14.9 Å². The standard InChI is InChI=1S/C20H27NO3/c1-15(2)5-12-20(22)24-14-19-10-8-18(9-11-19)13-23-17(4)7-6-16(3)21/h8-11,21H,1,4-7,12-14H2,2-3H3. The molecule has 0 spiro atoms. The van der Waals surface area contributed by atoms with Crippen molar-refractivity contribution in [3.05, 3.63) is 59.9 Å². The van der Waals surface area contributed by atoms with Crippen molar-refractivity contribution in [1.82, 2.24) is 0 Å². The van der Waals surface area contributed by atoms with E-state index in [0.29, 0.717) is 43.8 Å². The highest BCUT2D eigenvalue weighted by molar-refractivity contribution is 5.78. The fourth-order valence-corrected chi connectivity index (χ4v) is 1.87. The lowest BCUT2D eigenvalue weighted by molar-refractivity contribution is -0.144. The van der Waals surface area contributed by atoms with E-state index in [0.717, 1.165) is 16.7 Å². The monoisotopic (exact) mass is 329 g/mol. The number of carbonyl (C=O) groups is 1. The van der Waals surface area contributed by atoms with Crippen molar-refractivity contribution in [2.45, 2.75) is 52.7 Å². The summed E-state index contributed by atoms with van der Waals surface area (Å²) in [5, 5.41) is 7.39. The van der Waals surface area contributed by atoms with Gasteiger partial charge in [-0.1, -0.05) is 36.4 Å². The van der Waals surface area contributed by atoms with Crippen molar-refractivity contribution in [1.29, 1.82) is 5.41 Å². The molecule has 0 aliphatic carbocycles. The Morgan fingerprint density at radius 2 is 1.46 bits per heavy atom. The number of benzene rings is 1. The molecule has 0 bridgehead atoms. The number of hydrogen-bond donors (Lipinski definition) is 1. The highest BCUT2D eigenvalue weighted by atomic mass is 16.5. The van der Waals surface area contributed by atoms with Crippen LogP contribution in [0, 0.1) is 5.41 Å². The Morgan fingerprint density at radius 1 is 0.917 bits per heavy atom. The molecule has 0 atom stereocenters. The van der Waals surface area contributed by atoms with E-state index < -0.39 is 0 Å². The molecule has 1 aromatic carbocycles. The van der Waals surface area contributed by atoms with E-state index in [2.05, 4.69) is 13.2 Å². The number of nitrogens with one attached hydrogen (secondary N) is 1. The van der Waals surface area contributed by atoms with E-state index in [1.807, 2.05) is 31.2 Å². The van der Waals surface area contributed by atoms with Crippen molar-refractivity contribution in [2.24, 2.45) is 0 Å². The fourth-order valence-electron chi connectivity index (χ4n) is 1.87. The number of esters is 1. The van der Waals surface area contributed by atoms with Gasteiger partial charge in [-0.3, -0.25) is 4.79 Å². The Balaban J connectivity index is 2.32. The van der Waals surface area contributed by atoms with Crippen molar-refractivity contribution in [3.8, 4) is 0 Å². The lowest BCUT2D eigenvalue weighted by atomic mass is 10.1. The van der Waals surface area contributed by atoms with Crippen LogP contribution >= 0.6 is 0 Å². The van der Waals surface area contributed by atoms with Crippen LogP contribution in [0.15, 0.2) is 48.8 Å². The molecule has 1 N–H and O–H groups in total. The molecule has 4 heteroatoms. The molecule has 0 aliphatic rings. The SMILES string of the molecule is C=C(C)CCC(=O)OCc1ccc(COC(=C)CCC(C)=N)cc1. The molecule has 0 saturated heterocycles. The van der Waals surface area contributed by atoms with Gasteiger partial charge in [0, 0.05) is 18.6 Å². The Kier molecular flexibility index (Phi) is 8.55. The van der Waals surface area contributed by atoms with Crippen LogP contribution in [0.25, 0.3) is 0 Å². The smallest absolute Gasteiger partial charge is 0.306 e. The van der Waals surface area contributed by atoms with E-state index in [9.17, 15) is 4.79 Å². The number of allylic oxidation sites excluding steroid dienone is 2. The second-order valence-electron chi connectivity index (χ2n) is 6.04. The van der Waals surface area contributed by atoms with E-state index in [1.165, 1.54) is 0 Å². The third kappa shape index (κ3) is 8.93. The molecule has 24 heavy (non-hydrogen) atoms. The van der Waals surface area contributed by atoms with Gasteiger partial charge in [0.15, 0.2) is 0 Å². The first kappa shape index (κ1) is 19.7. The lowest BCUT2D eigenvalue weighted by Gasteiger charge is -2.10. The summed E-state index contributed by atoms with van der Waals surface area (Å²) >= 11 is 0. The molecule has 1 rings (SSSR count). The van der Waals surface area contributed by atoms with Crippen LogP contribution in [-0.4, -0.2) is 11.7 Å². The van der Waals surface area contributed by atoms with Gasteiger partial charge in [-0.25, -0.2) is 0 Å². The van der Waals surface area contributed by atoms with Gasteiger partial charge < -0.3 is 14.9 Å². The second kappa shape index (κ2) is 10.4. The molecule has 0 unspecified atom stereocenters. The zero-order chi connectivity index (χ0) is 17.9. The fraction of sp³-hybridized carbons (Fsp3) is 0.400. The number of ether oxygens (including phenoxy) is 2. The van der Waals surface area contributed by atoms with E-state index >= 15 is 0 Å². The number of carbonyl (C=O) groups excluding carboxylic acids is 1. The zero-order valence-electron chi connectivity index (χ0n) is 14.7. The molecule has 0 fully saturated rings. The van der Waals surface area contributed by atoms with E-state index in [1.54, 1.807) is 6.92 Å².